The van der Waals surface area contributed by atoms with Gasteiger partial charge in [-0.2, -0.15) is 0 Å². The molecular weight excluding hydrogens is 192 g/mol. The standard InChI is InChI=1S/C10H22N4O/c11-3-7-14-5-1-4-13(8-9-14)6-2-10(12)15/h1-9,11H2,(H2,12,15). The quantitative estimate of drug-likeness (QED) is 0.604. The number of amides is 1. The van der Waals surface area contributed by atoms with E-state index in [0.29, 0.717) is 6.42 Å². The van der Waals surface area contributed by atoms with Crippen LogP contribution in [0.4, 0.5) is 0 Å². The highest BCUT2D eigenvalue weighted by Gasteiger charge is 2.14. The van der Waals surface area contributed by atoms with E-state index in [1.807, 2.05) is 0 Å². The highest BCUT2D eigenvalue weighted by molar-refractivity contribution is 5.73. The zero-order valence-corrected chi connectivity index (χ0v) is 9.32. The van der Waals surface area contributed by atoms with Crippen LogP contribution in [-0.2, 0) is 4.79 Å². The minimum absolute atomic E-state index is 0.210. The van der Waals surface area contributed by atoms with E-state index in [-0.39, 0.29) is 5.91 Å². The Bertz CT molecular complexity index is 198. The fraction of sp³-hybridized carbons (Fsp3) is 0.900. The molecule has 0 aromatic rings. The van der Waals surface area contributed by atoms with Crippen LogP contribution < -0.4 is 11.5 Å². The fourth-order valence-electron chi connectivity index (χ4n) is 1.92. The molecule has 1 fully saturated rings. The molecule has 1 rings (SSSR count). The average molecular weight is 214 g/mol. The second-order valence-corrected chi connectivity index (χ2v) is 4.04. The summed E-state index contributed by atoms with van der Waals surface area (Å²) in [5, 5.41) is 0. The molecule has 0 spiro atoms. The van der Waals surface area contributed by atoms with E-state index in [1.54, 1.807) is 0 Å². The normalized spacial score (nSPS) is 20.1. The predicted molar refractivity (Wildman–Crippen MR) is 60.4 cm³/mol. The van der Waals surface area contributed by atoms with Crippen LogP contribution in [0.25, 0.3) is 0 Å². The molecule has 1 saturated heterocycles. The first-order valence-corrected chi connectivity index (χ1v) is 5.65. The Hall–Kier alpha value is -0.650. The molecule has 0 unspecified atom stereocenters. The molecule has 5 heteroatoms. The molecule has 4 N–H and O–H groups in total. The van der Waals surface area contributed by atoms with Crippen LogP contribution in [0, 0.1) is 0 Å². The Morgan fingerprint density at radius 1 is 1.07 bits per heavy atom. The predicted octanol–water partition coefficient (Wildman–Crippen LogP) is -1.17. The first-order chi connectivity index (χ1) is 7.22. The van der Waals surface area contributed by atoms with Gasteiger partial charge in [0.2, 0.25) is 5.91 Å². The van der Waals surface area contributed by atoms with E-state index in [4.69, 9.17) is 11.5 Å². The van der Waals surface area contributed by atoms with Gasteiger partial charge < -0.3 is 21.3 Å². The topological polar surface area (TPSA) is 75.6 Å². The van der Waals surface area contributed by atoms with Crippen LogP contribution in [0.5, 0.6) is 0 Å². The van der Waals surface area contributed by atoms with Crippen molar-refractivity contribution in [2.75, 3.05) is 45.8 Å². The van der Waals surface area contributed by atoms with Crippen LogP contribution in [0.2, 0.25) is 0 Å². The van der Waals surface area contributed by atoms with Crippen molar-refractivity contribution < 1.29 is 4.79 Å². The molecule has 0 aromatic heterocycles. The molecule has 5 nitrogen and oxygen atoms in total. The van der Waals surface area contributed by atoms with Crippen LogP contribution in [0.1, 0.15) is 12.8 Å². The Morgan fingerprint density at radius 3 is 2.20 bits per heavy atom. The number of hydrogen-bond acceptors (Lipinski definition) is 4. The minimum Gasteiger partial charge on any atom is -0.370 e. The van der Waals surface area contributed by atoms with Crippen LogP contribution in [-0.4, -0.2) is 61.5 Å². The first-order valence-electron chi connectivity index (χ1n) is 5.65. The highest BCUT2D eigenvalue weighted by atomic mass is 16.1. The molecular formula is C10H22N4O. The molecule has 1 aliphatic heterocycles. The molecule has 0 aromatic carbocycles. The van der Waals surface area contributed by atoms with Gasteiger partial charge in [-0.25, -0.2) is 0 Å². The van der Waals surface area contributed by atoms with Crippen LogP contribution in [0.15, 0.2) is 0 Å². The maximum absolute atomic E-state index is 10.7. The summed E-state index contributed by atoms with van der Waals surface area (Å²) < 4.78 is 0. The van der Waals surface area contributed by atoms with Crippen molar-refractivity contribution in [3.05, 3.63) is 0 Å². The fourth-order valence-corrected chi connectivity index (χ4v) is 1.92. The lowest BCUT2D eigenvalue weighted by Crippen LogP contribution is -2.34. The first kappa shape index (κ1) is 12.4. The van der Waals surface area contributed by atoms with Gasteiger partial charge in [-0.1, -0.05) is 0 Å². The van der Waals surface area contributed by atoms with E-state index in [9.17, 15) is 4.79 Å². The van der Waals surface area contributed by atoms with Crippen LogP contribution in [0.3, 0.4) is 0 Å². The van der Waals surface area contributed by atoms with E-state index >= 15 is 0 Å². The van der Waals surface area contributed by atoms with Crippen molar-refractivity contribution in [3.63, 3.8) is 0 Å². The molecule has 1 aliphatic rings. The number of hydrogen-bond donors (Lipinski definition) is 2. The maximum Gasteiger partial charge on any atom is 0.218 e. The third-order valence-corrected chi connectivity index (χ3v) is 2.80. The maximum atomic E-state index is 10.7. The summed E-state index contributed by atoms with van der Waals surface area (Å²) in [6, 6.07) is 0. The smallest absolute Gasteiger partial charge is 0.218 e. The SMILES string of the molecule is NCCN1CCCN(CCC(N)=O)CC1. The van der Waals surface area contributed by atoms with Gasteiger partial charge in [0.1, 0.15) is 0 Å². The molecule has 1 heterocycles. The monoisotopic (exact) mass is 214 g/mol. The van der Waals surface area contributed by atoms with Gasteiger partial charge in [0.25, 0.3) is 0 Å². The van der Waals surface area contributed by atoms with Crippen molar-refractivity contribution >= 4 is 5.91 Å². The molecule has 15 heavy (non-hydrogen) atoms. The van der Waals surface area contributed by atoms with Gasteiger partial charge in [-0.05, 0) is 19.5 Å². The van der Waals surface area contributed by atoms with Crippen LogP contribution >= 0.6 is 0 Å². The number of nitrogens with zero attached hydrogens (tertiary/aromatic N) is 2. The number of carbonyl (C=O) groups excluding carboxylic acids is 1. The number of nitrogens with two attached hydrogens (primary N) is 2. The summed E-state index contributed by atoms with van der Waals surface area (Å²) in [6.45, 7) is 6.75. The second kappa shape index (κ2) is 6.76. The summed E-state index contributed by atoms with van der Waals surface area (Å²) in [4.78, 5) is 15.3. The minimum atomic E-state index is -0.210. The van der Waals surface area contributed by atoms with Crippen molar-refractivity contribution in [1.29, 1.82) is 0 Å². The Morgan fingerprint density at radius 2 is 1.67 bits per heavy atom. The number of rotatable bonds is 5. The number of carbonyl (C=O) groups is 1. The zero-order valence-electron chi connectivity index (χ0n) is 9.32. The summed E-state index contributed by atoms with van der Waals surface area (Å²) in [6.07, 6.45) is 1.62. The molecule has 1 amide bonds. The lowest BCUT2D eigenvalue weighted by atomic mass is 10.3. The van der Waals surface area contributed by atoms with E-state index in [0.717, 1.165) is 52.2 Å². The van der Waals surface area contributed by atoms with Gasteiger partial charge in [0.05, 0.1) is 0 Å². The van der Waals surface area contributed by atoms with Gasteiger partial charge in [-0.3, -0.25) is 4.79 Å². The van der Waals surface area contributed by atoms with Crippen molar-refractivity contribution in [2.24, 2.45) is 11.5 Å². The average Bonchev–Trinajstić information content (AvgIpc) is 2.41. The number of primary amides is 1. The van der Waals surface area contributed by atoms with E-state index in [1.165, 1.54) is 0 Å². The second-order valence-electron chi connectivity index (χ2n) is 4.04. The lowest BCUT2D eigenvalue weighted by Gasteiger charge is -2.20. The summed E-state index contributed by atoms with van der Waals surface area (Å²) in [5.74, 6) is -0.210. The van der Waals surface area contributed by atoms with Crippen molar-refractivity contribution in [2.45, 2.75) is 12.8 Å². The van der Waals surface area contributed by atoms with Gasteiger partial charge in [0, 0.05) is 39.1 Å². The summed E-state index contributed by atoms with van der Waals surface area (Å²) in [5.41, 5.74) is 10.7. The Labute approximate surface area is 91.4 Å². The van der Waals surface area contributed by atoms with Gasteiger partial charge >= 0.3 is 0 Å². The Balaban J connectivity index is 2.23. The van der Waals surface area contributed by atoms with Crippen molar-refractivity contribution in [1.82, 2.24) is 9.80 Å². The summed E-state index contributed by atoms with van der Waals surface area (Å²) in [7, 11) is 0. The Kier molecular flexibility index (Phi) is 5.60. The highest BCUT2D eigenvalue weighted by Crippen LogP contribution is 2.02. The van der Waals surface area contributed by atoms with Gasteiger partial charge in [-0.15, -0.1) is 0 Å². The third-order valence-electron chi connectivity index (χ3n) is 2.80. The lowest BCUT2D eigenvalue weighted by molar-refractivity contribution is -0.118. The van der Waals surface area contributed by atoms with Crippen molar-refractivity contribution in [3.8, 4) is 0 Å². The van der Waals surface area contributed by atoms with Gasteiger partial charge in [0.15, 0.2) is 0 Å². The molecule has 0 atom stereocenters. The zero-order chi connectivity index (χ0) is 11.1. The third kappa shape index (κ3) is 5.11. The largest absolute Gasteiger partial charge is 0.370 e. The molecule has 0 aliphatic carbocycles. The summed E-state index contributed by atoms with van der Waals surface area (Å²) >= 11 is 0. The van der Waals surface area contributed by atoms with E-state index in [2.05, 4.69) is 9.80 Å². The molecule has 0 bridgehead atoms. The molecule has 88 valence electrons. The van der Waals surface area contributed by atoms with E-state index < -0.39 is 0 Å². The molecule has 0 saturated carbocycles. The molecule has 0 radical (unpaired) electrons.